The predicted octanol–water partition coefficient (Wildman–Crippen LogP) is -0.856. The third-order valence-corrected chi connectivity index (χ3v) is 7.22. The zero-order valence-corrected chi connectivity index (χ0v) is 12.1. The van der Waals surface area contributed by atoms with Crippen molar-refractivity contribution < 1.29 is 16.8 Å². The van der Waals surface area contributed by atoms with E-state index in [2.05, 4.69) is 15.2 Å². The molecule has 0 atom stereocenters. The molecule has 1 aliphatic heterocycles. The monoisotopic (exact) mass is 308 g/mol. The minimum absolute atomic E-state index is 0.0625. The summed E-state index contributed by atoms with van der Waals surface area (Å²) in [6.07, 6.45) is 1.62. The summed E-state index contributed by atoms with van der Waals surface area (Å²) in [5, 5.41) is 5.61. The van der Waals surface area contributed by atoms with E-state index in [4.69, 9.17) is 0 Å². The molecule has 8 nitrogen and oxygen atoms in total. The van der Waals surface area contributed by atoms with Crippen molar-refractivity contribution in [3.63, 3.8) is 0 Å². The zero-order valence-electron chi connectivity index (χ0n) is 10.5. The predicted molar refractivity (Wildman–Crippen MR) is 68.4 cm³/mol. The minimum Gasteiger partial charge on any atom is -0.262 e. The van der Waals surface area contributed by atoms with Crippen molar-refractivity contribution in [2.75, 3.05) is 18.6 Å². The molecule has 1 aromatic rings. The smallest absolute Gasteiger partial charge is 0.217 e. The van der Waals surface area contributed by atoms with E-state index in [1.54, 1.807) is 0 Å². The zero-order chi connectivity index (χ0) is 14.1. The fraction of sp³-hybridized carbons (Fsp3) is 0.778. The van der Waals surface area contributed by atoms with Crippen LogP contribution in [0, 0.1) is 0 Å². The van der Waals surface area contributed by atoms with Gasteiger partial charge in [0.05, 0.1) is 23.3 Å². The number of hydrogen-bond donors (Lipinski definition) is 1. The number of aromatic amines is 1. The number of rotatable bonds is 4. The molecule has 10 heteroatoms. The Labute approximate surface area is 112 Å². The van der Waals surface area contributed by atoms with Crippen LogP contribution in [0.1, 0.15) is 18.7 Å². The lowest BCUT2D eigenvalue weighted by Crippen LogP contribution is -2.40. The summed E-state index contributed by atoms with van der Waals surface area (Å²) < 4.78 is 48.4. The van der Waals surface area contributed by atoms with Gasteiger partial charge in [-0.15, -0.1) is 0 Å². The minimum atomic E-state index is -3.51. The van der Waals surface area contributed by atoms with Crippen LogP contribution < -0.4 is 0 Å². The van der Waals surface area contributed by atoms with Crippen LogP contribution in [-0.4, -0.2) is 60.1 Å². The summed E-state index contributed by atoms with van der Waals surface area (Å²) >= 11 is 0. The summed E-state index contributed by atoms with van der Waals surface area (Å²) in [6, 6.07) is 0. The van der Waals surface area contributed by atoms with Gasteiger partial charge in [0.25, 0.3) is 0 Å². The van der Waals surface area contributed by atoms with Crippen LogP contribution in [0.15, 0.2) is 6.33 Å². The third-order valence-electron chi connectivity index (χ3n) is 3.19. The van der Waals surface area contributed by atoms with Crippen molar-refractivity contribution in [2.24, 2.45) is 0 Å². The van der Waals surface area contributed by atoms with Crippen LogP contribution in [0.3, 0.4) is 0 Å². The SMILES string of the molecule is CN(Cc1ncn[nH]1)S(=O)(=O)C1CCS(=O)(=O)CC1. The fourth-order valence-electron chi connectivity index (χ4n) is 2.03. The van der Waals surface area contributed by atoms with Gasteiger partial charge in [-0.05, 0) is 12.8 Å². The summed E-state index contributed by atoms with van der Waals surface area (Å²) in [5.74, 6) is 0.328. The second-order valence-electron chi connectivity index (χ2n) is 4.58. The molecule has 0 aromatic carbocycles. The number of sulfone groups is 1. The number of aromatic nitrogens is 3. The molecule has 108 valence electrons. The van der Waals surface area contributed by atoms with Gasteiger partial charge in [0.2, 0.25) is 10.0 Å². The van der Waals surface area contributed by atoms with Gasteiger partial charge < -0.3 is 0 Å². The molecule has 1 N–H and O–H groups in total. The molecule has 0 saturated carbocycles. The molecule has 0 radical (unpaired) electrons. The van der Waals surface area contributed by atoms with E-state index >= 15 is 0 Å². The Morgan fingerprint density at radius 1 is 1.42 bits per heavy atom. The van der Waals surface area contributed by atoms with Crippen molar-refractivity contribution in [1.82, 2.24) is 19.5 Å². The van der Waals surface area contributed by atoms with Gasteiger partial charge in [-0.2, -0.15) is 9.40 Å². The molecule has 1 aromatic heterocycles. The number of hydrogen-bond acceptors (Lipinski definition) is 6. The number of nitrogens with zero attached hydrogens (tertiary/aromatic N) is 3. The molecule has 2 heterocycles. The number of nitrogens with one attached hydrogen (secondary N) is 1. The van der Waals surface area contributed by atoms with Crippen molar-refractivity contribution in [3.8, 4) is 0 Å². The van der Waals surface area contributed by atoms with E-state index in [-0.39, 0.29) is 30.9 Å². The van der Waals surface area contributed by atoms with Crippen molar-refractivity contribution in [3.05, 3.63) is 12.2 Å². The Morgan fingerprint density at radius 2 is 2.05 bits per heavy atom. The molecule has 0 amide bonds. The average molecular weight is 308 g/mol. The van der Waals surface area contributed by atoms with E-state index in [1.165, 1.54) is 17.7 Å². The van der Waals surface area contributed by atoms with E-state index < -0.39 is 25.1 Å². The van der Waals surface area contributed by atoms with Gasteiger partial charge in [0.15, 0.2) is 0 Å². The van der Waals surface area contributed by atoms with Crippen LogP contribution in [-0.2, 0) is 26.4 Å². The average Bonchev–Trinajstić information content (AvgIpc) is 2.81. The standard InChI is InChI=1S/C9H16N4O4S2/c1-13(6-9-10-7-11-12-9)19(16,17)8-2-4-18(14,15)5-3-8/h7-8H,2-6H2,1H3,(H,10,11,12). The molecule has 0 aliphatic carbocycles. The lowest BCUT2D eigenvalue weighted by molar-refractivity contribution is 0.440. The highest BCUT2D eigenvalue weighted by atomic mass is 32.2. The Kier molecular flexibility index (Phi) is 3.92. The second-order valence-corrected chi connectivity index (χ2v) is 9.21. The lowest BCUT2D eigenvalue weighted by atomic mass is 10.2. The fourth-order valence-corrected chi connectivity index (χ4v) is 5.46. The largest absolute Gasteiger partial charge is 0.262 e. The second kappa shape index (κ2) is 5.17. The highest BCUT2D eigenvalue weighted by molar-refractivity contribution is 7.92. The third kappa shape index (κ3) is 3.31. The summed E-state index contributed by atoms with van der Waals surface area (Å²) in [5.41, 5.74) is 0. The van der Waals surface area contributed by atoms with Crippen molar-refractivity contribution >= 4 is 19.9 Å². The van der Waals surface area contributed by atoms with Crippen LogP contribution in [0.5, 0.6) is 0 Å². The van der Waals surface area contributed by atoms with Gasteiger partial charge in [-0.25, -0.2) is 21.8 Å². The van der Waals surface area contributed by atoms with Crippen LogP contribution >= 0.6 is 0 Å². The molecular weight excluding hydrogens is 292 g/mol. The van der Waals surface area contributed by atoms with Crippen LogP contribution in [0.25, 0.3) is 0 Å². The highest BCUT2D eigenvalue weighted by Gasteiger charge is 2.35. The molecule has 1 saturated heterocycles. The van der Waals surface area contributed by atoms with Crippen LogP contribution in [0.2, 0.25) is 0 Å². The Bertz CT molecular complexity index is 609. The Hall–Kier alpha value is -1.00. The van der Waals surface area contributed by atoms with Gasteiger partial charge in [0.1, 0.15) is 22.0 Å². The van der Waals surface area contributed by atoms with Crippen molar-refractivity contribution in [2.45, 2.75) is 24.6 Å². The first-order valence-corrected chi connectivity index (χ1v) is 9.13. The maximum atomic E-state index is 12.3. The molecule has 0 spiro atoms. The quantitative estimate of drug-likeness (QED) is 0.774. The topological polar surface area (TPSA) is 113 Å². The lowest BCUT2D eigenvalue weighted by Gasteiger charge is -2.26. The normalized spacial score (nSPS) is 20.7. The first kappa shape index (κ1) is 14.4. The first-order chi connectivity index (χ1) is 8.81. The van der Waals surface area contributed by atoms with Gasteiger partial charge >= 0.3 is 0 Å². The van der Waals surface area contributed by atoms with Gasteiger partial charge in [-0.3, -0.25) is 5.10 Å². The summed E-state index contributed by atoms with van der Waals surface area (Å²) in [4.78, 5) is 3.87. The maximum absolute atomic E-state index is 12.3. The van der Waals surface area contributed by atoms with Crippen molar-refractivity contribution in [1.29, 1.82) is 0 Å². The Balaban J connectivity index is 2.06. The molecule has 0 bridgehead atoms. The van der Waals surface area contributed by atoms with E-state index in [0.29, 0.717) is 5.82 Å². The molecule has 19 heavy (non-hydrogen) atoms. The van der Waals surface area contributed by atoms with Gasteiger partial charge in [0, 0.05) is 7.05 Å². The maximum Gasteiger partial charge on any atom is 0.217 e. The number of H-pyrrole nitrogens is 1. The Morgan fingerprint density at radius 3 is 2.58 bits per heavy atom. The van der Waals surface area contributed by atoms with E-state index in [0.717, 1.165) is 0 Å². The molecule has 2 rings (SSSR count). The molecule has 0 unspecified atom stereocenters. The van der Waals surface area contributed by atoms with E-state index in [9.17, 15) is 16.8 Å². The summed E-state index contributed by atoms with van der Waals surface area (Å²) in [7, 11) is -5.11. The van der Waals surface area contributed by atoms with Gasteiger partial charge in [-0.1, -0.05) is 0 Å². The summed E-state index contributed by atoms with van der Waals surface area (Å²) in [6.45, 7) is 0.103. The number of sulfonamides is 1. The molecular formula is C9H16N4O4S2. The van der Waals surface area contributed by atoms with E-state index in [1.807, 2.05) is 0 Å². The first-order valence-electron chi connectivity index (χ1n) is 5.81. The molecule has 1 fully saturated rings. The van der Waals surface area contributed by atoms with Crippen LogP contribution in [0.4, 0.5) is 0 Å². The highest BCUT2D eigenvalue weighted by Crippen LogP contribution is 2.22. The molecule has 1 aliphatic rings.